The lowest BCUT2D eigenvalue weighted by Crippen LogP contribution is -2.46. The van der Waals surface area contributed by atoms with Crippen molar-refractivity contribution < 1.29 is 37.4 Å². The van der Waals surface area contributed by atoms with Crippen molar-refractivity contribution in [1.29, 1.82) is 0 Å². The molecule has 0 aromatic rings. The minimum absolute atomic E-state index is 0.0995. The van der Waals surface area contributed by atoms with E-state index in [9.17, 15) is 23.2 Å². The number of alkyl halides is 2. The van der Waals surface area contributed by atoms with Crippen LogP contribution in [0.15, 0.2) is 0 Å². The summed E-state index contributed by atoms with van der Waals surface area (Å²) in [7, 11) is 0. The first kappa shape index (κ1) is 29.5. The van der Waals surface area contributed by atoms with Crippen LogP contribution in [0.1, 0.15) is 81.6 Å². The molecule has 0 spiro atoms. The van der Waals surface area contributed by atoms with Crippen molar-refractivity contribution in [3.8, 4) is 0 Å². The van der Waals surface area contributed by atoms with Gasteiger partial charge in [-0.05, 0) is 60.8 Å². The monoisotopic (exact) mass is 424 g/mol. The number of carbonyl (C=O) groups is 3. The van der Waals surface area contributed by atoms with Crippen LogP contribution in [0.25, 0.3) is 0 Å². The number of halogens is 2. The molecule has 0 amide bonds. The molecule has 0 aliphatic rings. The molecule has 0 aromatic heterocycles. The van der Waals surface area contributed by atoms with Gasteiger partial charge in [-0.3, -0.25) is 9.59 Å². The second kappa shape index (κ2) is 12.8. The molecule has 0 bridgehead atoms. The van der Waals surface area contributed by atoms with E-state index >= 15 is 0 Å². The smallest absolute Gasteiger partial charge is 0.381 e. The van der Waals surface area contributed by atoms with E-state index in [4.69, 9.17) is 9.47 Å². The molecule has 0 rings (SSSR count). The highest BCUT2D eigenvalue weighted by atomic mass is 19.3. The van der Waals surface area contributed by atoms with Crippen molar-refractivity contribution in [1.82, 2.24) is 0 Å². The molecular weight excluding hydrogens is 386 g/mol. The third-order valence-corrected chi connectivity index (χ3v) is 4.72. The van der Waals surface area contributed by atoms with Crippen LogP contribution in [-0.4, -0.2) is 43.1 Å². The van der Waals surface area contributed by atoms with Crippen LogP contribution in [0.3, 0.4) is 0 Å². The van der Waals surface area contributed by atoms with Crippen molar-refractivity contribution in [2.45, 2.75) is 93.6 Å². The fraction of sp³-hybridized carbons (Fsp3) is 0.857. The van der Waals surface area contributed by atoms with Gasteiger partial charge in [0.1, 0.15) is 0 Å². The minimum atomic E-state index is -3.83. The third-order valence-electron chi connectivity index (χ3n) is 4.72. The van der Waals surface area contributed by atoms with Crippen molar-refractivity contribution in [2.75, 3.05) is 13.2 Å². The highest BCUT2D eigenvalue weighted by Crippen LogP contribution is 2.29. The number of carbonyl (C=O) groups excluding carboxylic acids is 3. The normalized spacial score (nSPS) is 12.9. The van der Waals surface area contributed by atoms with Crippen LogP contribution in [-0.2, 0) is 28.6 Å². The molecule has 1 atom stereocenters. The van der Waals surface area contributed by atoms with E-state index in [0.29, 0.717) is 13.0 Å². The number of esters is 3. The standard InChI is InChI=1S/C13H22F2O4.C8H16O2/c1-6-9(13(14,15)11(17)18-8-3)19-10(16)12(4,5)7-2;1-5-8(3,4)7(9)10-6-2/h9H,6-8H2,1-5H3;5-6H2,1-4H3. The Morgan fingerprint density at radius 3 is 1.45 bits per heavy atom. The third kappa shape index (κ3) is 9.54. The van der Waals surface area contributed by atoms with Gasteiger partial charge in [0.15, 0.2) is 6.10 Å². The zero-order chi connectivity index (χ0) is 23.5. The van der Waals surface area contributed by atoms with E-state index in [-0.39, 0.29) is 24.4 Å². The zero-order valence-corrected chi connectivity index (χ0v) is 19.3. The Bertz CT molecular complexity index is 529. The van der Waals surface area contributed by atoms with Gasteiger partial charge >= 0.3 is 23.8 Å². The summed E-state index contributed by atoms with van der Waals surface area (Å²) in [5.41, 5.74) is -1.17. The van der Waals surface area contributed by atoms with E-state index < -0.39 is 29.4 Å². The molecule has 8 heteroatoms. The SMILES string of the molecule is CCOC(=O)C(C)(C)CC.CCOC(=O)C(F)(F)C(CC)OC(=O)C(C)(C)CC. The summed E-state index contributed by atoms with van der Waals surface area (Å²) in [6, 6.07) is 0. The molecule has 0 saturated carbocycles. The summed E-state index contributed by atoms with van der Waals surface area (Å²) < 4.78 is 41.5. The average molecular weight is 425 g/mol. The maximum Gasteiger partial charge on any atom is 0.381 e. The van der Waals surface area contributed by atoms with Gasteiger partial charge in [0, 0.05) is 0 Å². The van der Waals surface area contributed by atoms with Crippen molar-refractivity contribution in [3.05, 3.63) is 0 Å². The van der Waals surface area contributed by atoms with E-state index in [2.05, 4.69) is 4.74 Å². The van der Waals surface area contributed by atoms with Crippen LogP contribution < -0.4 is 0 Å². The van der Waals surface area contributed by atoms with Crippen LogP contribution in [0, 0.1) is 10.8 Å². The predicted molar refractivity (Wildman–Crippen MR) is 107 cm³/mol. The molecule has 6 nitrogen and oxygen atoms in total. The van der Waals surface area contributed by atoms with Gasteiger partial charge in [-0.2, -0.15) is 8.78 Å². The van der Waals surface area contributed by atoms with Gasteiger partial charge in [-0.1, -0.05) is 20.8 Å². The van der Waals surface area contributed by atoms with Crippen molar-refractivity contribution in [3.63, 3.8) is 0 Å². The summed E-state index contributed by atoms with van der Waals surface area (Å²) in [6.07, 6.45) is -0.693. The van der Waals surface area contributed by atoms with E-state index in [1.54, 1.807) is 20.8 Å². The lowest BCUT2D eigenvalue weighted by molar-refractivity contribution is -0.202. The van der Waals surface area contributed by atoms with Gasteiger partial charge in [0.25, 0.3) is 0 Å². The zero-order valence-electron chi connectivity index (χ0n) is 19.3. The Morgan fingerprint density at radius 1 is 0.724 bits per heavy atom. The van der Waals surface area contributed by atoms with Crippen molar-refractivity contribution >= 4 is 17.9 Å². The first-order valence-electron chi connectivity index (χ1n) is 10.1. The van der Waals surface area contributed by atoms with Gasteiger partial charge in [0.05, 0.1) is 24.0 Å². The average Bonchev–Trinajstić information content (AvgIpc) is 2.66. The molecule has 0 N–H and O–H groups in total. The molecule has 0 heterocycles. The first-order chi connectivity index (χ1) is 13.2. The van der Waals surface area contributed by atoms with Crippen LogP contribution >= 0.6 is 0 Å². The van der Waals surface area contributed by atoms with Gasteiger partial charge in [-0.25, -0.2) is 4.79 Å². The number of ether oxygens (including phenoxy) is 3. The second-order valence-electron chi connectivity index (χ2n) is 7.84. The fourth-order valence-corrected chi connectivity index (χ4v) is 1.68. The number of hydrogen-bond acceptors (Lipinski definition) is 6. The fourth-order valence-electron chi connectivity index (χ4n) is 1.68. The number of hydrogen-bond donors (Lipinski definition) is 0. The summed E-state index contributed by atoms with van der Waals surface area (Å²) in [5, 5.41) is 0. The lowest BCUT2D eigenvalue weighted by atomic mass is 9.90. The summed E-state index contributed by atoms with van der Waals surface area (Å²) in [6.45, 7) is 15.7. The van der Waals surface area contributed by atoms with Crippen LogP contribution in [0.4, 0.5) is 8.78 Å². The molecular formula is C21H38F2O6. The lowest BCUT2D eigenvalue weighted by Gasteiger charge is -2.28. The van der Waals surface area contributed by atoms with Crippen LogP contribution in [0.2, 0.25) is 0 Å². The second-order valence-corrected chi connectivity index (χ2v) is 7.84. The number of rotatable bonds is 10. The van der Waals surface area contributed by atoms with E-state index in [1.807, 2.05) is 27.7 Å². The highest BCUT2D eigenvalue weighted by Gasteiger charge is 2.51. The predicted octanol–water partition coefficient (Wildman–Crippen LogP) is 4.93. The molecule has 1 unspecified atom stereocenters. The van der Waals surface area contributed by atoms with E-state index in [1.165, 1.54) is 13.8 Å². The minimum Gasteiger partial charge on any atom is -0.466 e. The Labute approximate surface area is 173 Å². The summed E-state index contributed by atoms with van der Waals surface area (Å²) >= 11 is 0. The molecule has 0 aliphatic heterocycles. The van der Waals surface area contributed by atoms with Crippen LogP contribution in [0.5, 0.6) is 0 Å². The molecule has 0 saturated heterocycles. The molecule has 0 aliphatic carbocycles. The Hall–Kier alpha value is -1.73. The topological polar surface area (TPSA) is 78.9 Å². The quantitative estimate of drug-likeness (QED) is 0.365. The highest BCUT2D eigenvalue weighted by molar-refractivity contribution is 5.80. The maximum atomic E-state index is 13.8. The molecule has 0 fully saturated rings. The van der Waals surface area contributed by atoms with Crippen molar-refractivity contribution in [2.24, 2.45) is 10.8 Å². The van der Waals surface area contributed by atoms with Gasteiger partial charge < -0.3 is 14.2 Å². The maximum absolute atomic E-state index is 13.8. The first-order valence-corrected chi connectivity index (χ1v) is 10.1. The molecule has 29 heavy (non-hydrogen) atoms. The molecule has 172 valence electrons. The Kier molecular flexibility index (Phi) is 13.0. The Balaban J connectivity index is 0. The molecule has 0 aromatic carbocycles. The summed E-state index contributed by atoms with van der Waals surface area (Å²) in [5.74, 6) is -6.34. The van der Waals surface area contributed by atoms with Gasteiger partial charge in [0.2, 0.25) is 0 Å². The summed E-state index contributed by atoms with van der Waals surface area (Å²) in [4.78, 5) is 34.1. The van der Waals surface area contributed by atoms with Gasteiger partial charge in [-0.15, -0.1) is 0 Å². The molecule has 0 radical (unpaired) electrons. The largest absolute Gasteiger partial charge is 0.466 e. The Morgan fingerprint density at radius 2 is 1.10 bits per heavy atom. The van der Waals surface area contributed by atoms with E-state index in [0.717, 1.165) is 6.42 Å².